The molecule has 2 amide bonds. The second-order valence-electron chi connectivity index (χ2n) is 7.94. The molecule has 0 atom stereocenters. The Bertz CT molecular complexity index is 596. The van der Waals surface area contributed by atoms with Crippen LogP contribution in [-0.2, 0) is 4.74 Å². The minimum absolute atomic E-state index is 0.0675. The van der Waals surface area contributed by atoms with Crippen molar-refractivity contribution in [3.8, 4) is 0 Å². The smallest absolute Gasteiger partial charge is 0.408 e. The number of ether oxygens (including phenoxy) is 1. The van der Waals surface area contributed by atoms with Gasteiger partial charge >= 0.3 is 6.09 Å². The first-order valence-electron chi connectivity index (χ1n) is 9.04. The first-order valence-corrected chi connectivity index (χ1v) is 9.92. The first-order chi connectivity index (χ1) is 11.7. The average molecular weight is 367 g/mol. The Morgan fingerprint density at radius 3 is 2.36 bits per heavy atom. The van der Waals surface area contributed by atoms with E-state index in [0.717, 1.165) is 49.0 Å². The number of aryl methyl sites for hydroxylation is 1. The quantitative estimate of drug-likeness (QED) is 0.776. The summed E-state index contributed by atoms with van der Waals surface area (Å²) >= 11 is 1.44. The predicted molar refractivity (Wildman–Crippen MR) is 101 cm³/mol. The van der Waals surface area contributed by atoms with Crippen molar-refractivity contribution < 1.29 is 14.3 Å². The normalized spacial score (nSPS) is 17.4. The van der Waals surface area contributed by atoms with E-state index in [1.54, 1.807) is 0 Å². The van der Waals surface area contributed by atoms with Gasteiger partial charge in [-0.05, 0) is 57.5 Å². The summed E-state index contributed by atoms with van der Waals surface area (Å²) in [5, 5.41) is 8.03. The predicted octanol–water partition coefficient (Wildman–Crippen LogP) is 4.40. The van der Waals surface area contributed by atoms with Gasteiger partial charge in [0.15, 0.2) is 0 Å². The van der Waals surface area contributed by atoms with Gasteiger partial charge in [-0.15, -0.1) is 11.3 Å². The highest BCUT2D eigenvalue weighted by atomic mass is 32.1. The zero-order chi connectivity index (χ0) is 18.5. The summed E-state index contributed by atoms with van der Waals surface area (Å²) in [6.45, 7) is 7.93. The van der Waals surface area contributed by atoms with Gasteiger partial charge in [-0.25, -0.2) is 4.79 Å². The summed E-state index contributed by atoms with van der Waals surface area (Å²) in [5.74, 6) is -0.0675. The van der Waals surface area contributed by atoms with E-state index in [1.807, 2.05) is 39.1 Å². The Hall–Kier alpha value is -1.56. The molecule has 2 N–H and O–H groups in total. The van der Waals surface area contributed by atoms with Crippen LogP contribution in [0.4, 0.5) is 4.79 Å². The van der Waals surface area contributed by atoms with Crippen molar-refractivity contribution >= 4 is 23.3 Å². The van der Waals surface area contributed by atoms with Gasteiger partial charge in [0.1, 0.15) is 5.60 Å². The Morgan fingerprint density at radius 1 is 1.20 bits per heavy atom. The molecule has 1 fully saturated rings. The summed E-state index contributed by atoms with van der Waals surface area (Å²) in [6, 6.07) is 1.94. The van der Waals surface area contributed by atoms with E-state index < -0.39 is 17.2 Å². The van der Waals surface area contributed by atoms with E-state index in [0.29, 0.717) is 6.54 Å². The molecule has 1 heterocycles. The van der Waals surface area contributed by atoms with E-state index in [9.17, 15) is 9.59 Å². The minimum Gasteiger partial charge on any atom is -0.444 e. The maximum Gasteiger partial charge on any atom is 0.408 e. The van der Waals surface area contributed by atoms with E-state index in [1.165, 1.54) is 11.3 Å². The van der Waals surface area contributed by atoms with Gasteiger partial charge in [-0.2, -0.15) is 0 Å². The van der Waals surface area contributed by atoms with Crippen LogP contribution in [0.5, 0.6) is 0 Å². The fourth-order valence-electron chi connectivity index (χ4n) is 3.21. The second-order valence-corrected chi connectivity index (χ2v) is 8.85. The van der Waals surface area contributed by atoms with Gasteiger partial charge in [0.05, 0.1) is 10.4 Å². The molecule has 1 aromatic rings. The first kappa shape index (κ1) is 19.8. The topological polar surface area (TPSA) is 67.4 Å². The van der Waals surface area contributed by atoms with Crippen molar-refractivity contribution in [2.24, 2.45) is 0 Å². The molecule has 1 aliphatic carbocycles. The van der Waals surface area contributed by atoms with Gasteiger partial charge < -0.3 is 15.4 Å². The highest BCUT2D eigenvalue weighted by molar-refractivity contribution is 7.12. The van der Waals surface area contributed by atoms with E-state index >= 15 is 0 Å². The maximum atomic E-state index is 12.5. The summed E-state index contributed by atoms with van der Waals surface area (Å²) in [6.07, 6.45) is 5.72. The fraction of sp³-hybridized carbons (Fsp3) is 0.684. The number of rotatable bonds is 4. The zero-order valence-electron chi connectivity index (χ0n) is 15.7. The van der Waals surface area contributed by atoms with Crippen LogP contribution >= 0.6 is 11.3 Å². The summed E-state index contributed by atoms with van der Waals surface area (Å²) in [5.41, 5.74) is 0.0185. The molecule has 0 saturated heterocycles. The lowest BCUT2D eigenvalue weighted by Crippen LogP contribution is -2.56. The highest BCUT2D eigenvalue weighted by Crippen LogP contribution is 2.27. The van der Waals surface area contributed by atoms with Crippen LogP contribution in [0.25, 0.3) is 0 Å². The molecule has 0 spiro atoms. The van der Waals surface area contributed by atoms with Crippen LogP contribution in [0.3, 0.4) is 0 Å². The molecule has 0 bridgehead atoms. The third kappa shape index (κ3) is 6.03. The van der Waals surface area contributed by atoms with Crippen molar-refractivity contribution in [2.75, 3.05) is 6.54 Å². The van der Waals surface area contributed by atoms with E-state index in [-0.39, 0.29) is 5.91 Å². The van der Waals surface area contributed by atoms with Crippen LogP contribution < -0.4 is 10.6 Å². The Kier molecular flexibility index (Phi) is 6.49. The van der Waals surface area contributed by atoms with Crippen molar-refractivity contribution in [2.45, 2.75) is 77.4 Å². The molecule has 5 nitrogen and oxygen atoms in total. The van der Waals surface area contributed by atoms with Gasteiger partial charge in [-0.1, -0.05) is 25.7 Å². The fourth-order valence-corrected chi connectivity index (χ4v) is 4.05. The van der Waals surface area contributed by atoms with E-state index in [2.05, 4.69) is 10.6 Å². The number of carbonyl (C=O) groups excluding carboxylic acids is 2. The molecule has 0 radical (unpaired) electrons. The molecular weight excluding hydrogens is 336 g/mol. The van der Waals surface area contributed by atoms with Gasteiger partial charge in [0, 0.05) is 6.54 Å². The Labute approximate surface area is 154 Å². The van der Waals surface area contributed by atoms with Gasteiger partial charge in [0.25, 0.3) is 5.91 Å². The largest absolute Gasteiger partial charge is 0.444 e. The highest BCUT2D eigenvalue weighted by Gasteiger charge is 2.34. The molecule has 1 aliphatic rings. The van der Waals surface area contributed by atoms with Crippen LogP contribution in [0.15, 0.2) is 11.4 Å². The Morgan fingerprint density at radius 2 is 1.84 bits per heavy atom. The number of nitrogens with one attached hydrogen (secondary N) is 2. The third-order valence-corrected chi connectivity index (χ3v) is 5.50. The van der Waals surface area contributed by atoms with Crippen LogP contribution in [-0.4, -0.2) is 29.7 Å². The number of amides is 2. The summed E-state index contributed by atoms with van der Waals surface area (Å²) in [4.78, 5) is 25.5. The molecule has 0 unspecified atom stereocenters. The molecule has 1 aromatic heterocycles. The second kappa shape index (κ2) is 8.21. The molecule has 25 heavy (non-hydrogen) atoms. The molecule has 6 heteroatoms. The average Bonchev–Trinajstić information content (AvgIpc) is 2.79. The van der Waals surface area contributed by atoms with Crippen LogP contribution in [0.1, 0.15) is 74.5 Å². The molecule has 140 valence electrons. The lowest BCUT2D eigenvalue weighted by molar-refractivity contribution is 0.0437. The number of carbonyl (C=O) groups is 2. The third-order valence-electron chi connectivity index (χ3n) is 4.48. The lowest BCUT2D eigenvalue weighted by Gasteiger charge is -2.35. The molecule has 0 aliphatic heterocycles. The number of hydrogen-bond donors (Lipinski definition) is 2. The molecule has 2 rings (SSSR count). The monoisotopic (exact) mass is 366 g/mol. The van der Waals surface area contributed by atoms with Crippen molar-refractivity contribution in [3.05, 3.63) is 21.9 Å². The SMILES string of the molecule is Cc1ccsc1C(=O)NCC1(NC(=O)OC(C)(C)C)CCCCCC1. The lowest BCUT2D eigenvalue weighted by atomic mass is 9.90. The van der Waals surface area contributed by atoms with Gasteiger partial charge in [-0.3, -0.25) is 4.79 Å². The number of hydrogen-bond acceptors (Lipinski definition) is 4. The maximum absolute atomic E-state index is 12.5. The molecule has 0 aromatic carbocycles. The van der Waals surface area contributed by atoms with Crippen molar-refractivity contribution in [3.63, 3.8) is 0 Å². The summed E-state index contributed by atoms with van der Waals surface area (Å²) < 4.78 is 5.44. The zero-order valence-corrected chi connectivity index (χ0v) is 16.6. The molecule has 1 saturated carbocycles. The number of thiophene rings is 1. The Balaban J connectivity index is 2.05. The van der Waals surface area contributed by atoms with Crippen molar-refractivity contribution in [1.29, 1.82) is 0 Å². The number of alkyl carbamates (subject to hydrolysis) is 1. The van der Waals surface area contributed by atoms with Crippen molar-refractivity contribution in [1.82, 2.24) is 10.6 Å². The van der Waals surface area contributed by atoms with Gasteiger partial charge in [0.2, 0.25) is 0 Å². The summed E-state index contributed by atoms with van der Waals surface area (Å²) in [7, 11) is 0. The van der Waals surface area contributed by atoms with E-state index in [4.69, 9.17) is 4.74 Å². The minimum atomic E-state index is -0.534. The van der Waals surface area contributed by atoms with Crippen LogP contribution in [0.2, 0.25) is 0 Å². The standard InChI is InChI=1S/C19H30N2O3S/c1-14-9-12-25-15(14)16(22)20-13-19(10-7-5-6-8-11-19)21-17(23)24-18(2,3)4/h9,12H,5-8,10-11,13H2,1-4H3,(H,20,22)(H,21,23). The molecular formula is C19H30N2O3S. The van der Waals surface area contributed by atoms with Crippen LogP contribution in [0, 0.1) is 6.92 Å².